The predicted octanol–water partition coefficient (Wildman–Crippen LogP) is 6.54. The van der Waals surface area contributed by atoms with E-state index in [0.717, 1.165) is 62.6 Å². The molecule has 1 amide bonds. The van der Waals surface area contributed by atoms with Gasteiger partial charge >= 0.3 is 5.97 Å². The van der Waals surface area contributed by atoms with E-state index in [4.69, 9.17) is 27.9 Å². The zero-order valence-electron chi connectivity index (χ0n) is 25.5. The van der Waals surface area contributed by atoms with Gasteiger partial charge in [0, 0.05) is 62.1 Å². The lowest BCUT2D eigenvalue weighted by atomic mass is 9.45. The van der Waals surface area contributed by atoms with Crippen LogP contribution in [0.4, 0.5) is 5.69 Å². The molecule has 4 aliphatic rings. The third-order valence-electron chi connectivity index (χ3n) is 11.8. The van der Waals surface area contributed by atoms with Crippen molar-refractivity contribution in [3.8, 4) is 0 Å². The first kappa shape index (κ1) is 31.6. The molecule has 6 nitrogen and oxygen atoms in total. The van der Waals surface area contributed by atoms with Gasteiger partial charge < -0.3 is 15.0 Å². The van der Waals surface area contributed by atoms with Gasteiger partial charge in [-0.1, -0.05) is 26.0 Å². The van der Waals surface area contributed by atoms with Crippen molar-refractivity contribution in [1.82, 2.24) is 5.32 Å². The van der Waals surface area contributed by atoms with Crippen LogP contribution in [0.1, 0.15) is 84.1 Å². The number of fused-ring (bicyclic) bond motifs is 5. The molecule has 8 heteroatoms. The van der Waals surface area contributed by atoms with Crippen LogP contribution in [-0.2, 0) is 25.5 Å². The van der Waals surface area contributed by atoms with Crippen LogP contribution < -0.4 is 10.2 Å². The lowest BCUT2D eigenvalue weighted by Crippen LogP contribution is -2.54. The number of hydrogen-bond acceptors (Lipinski definition) is 5. The molecule has 4 aliphatic carbocycles. The predicted molar refractivity (Wildman–Crippen MR) is 168 cm³/mol. The summed E-state index contributed by atoms with van der Waals surface area (Å²) in [5, 5.41) is 2.86. The molecule has 0 spiro atoms. The Morgan fingerprint density at radius 2 is 1.67 bits per heavy atom. The Morgan fingerprint density at radius 1 is 0.976 bits per heavy atom. The quantitative estimate of drug-likeness (QED) is 0.238. The number of halogens is 2. The Bertz CT molecular complexity index is 1140. The highest BCUT2D eigenvalue weighted by Crippen LogP contribution is 2.66. The maximum atomic E-state index is 13.6. The van der Waals surface area contributed by atoms with Gasteiger partial charge in [-0.05, 0) is 91.7 Å². The topological polar surface area (TPSA) is 75.7 Å². The third-order valence-corrected chi connectivity index (χ3v) is 12.1. The van der Waals surface area contributed by atoms with Gasteiger partial charge in [0.05, 0.1) is 0 Å². The molecule has 8 atom stereocenters. The van der Waals surface area contributed by atoms with Crippen molar-refractivity contribution in [3.63, 3.8) is 0 Å². The molecule has 0 bridgehead atoms. The molecule has 1 aromatic rings. The normalized spacial score (nSPS) is 34.5. The number of anilines is 1. The number of benzene rings is 1. The molecule has 4 fully saturated rings. The summed E-state index contributed by atoms with van der Waals surface area (Å²) in [5.41, 5.74) is 2.21. The number of carbonyl (C=O) groups is 3. The van der Waals surface area contributed by atoms with Crippen molar-refractivity contribution in [3.05, 3.63) is 29.8 Å². The second-order valence-electron chi connectivity index (χ2n) is 13.9. The number of ketones is 1. The first-order chi connectivity index (χ1) is 20.1. The number of carbonyl (C=O) groups excluding carboxylic acids is 3. The highest BCUT2D eigenvalue weighted by atomic mass is 35.5. The van der Waals surface area contributed by atoms with Crippen LogP contribution in [0, 0.1) is 34.5 Å². The lowest BCUT2D eigenvalue weighted by Gasteiger charge is -2.60. The van der Waals surface area contributed by atoms with Crippen molar-refractivity contribution in [1.29, 1.82) is 0 Å². The summed E-state index contributed by atoms with van der Waals surface area (Å²) in [5.74, 6) is 3.29. The van der Waals surface area contributed by atoms with Crippen LogP contribution in [0.25, 0.3) is 0 Å². The minimum Gasteiger partial charge on any atom is -0.460 e. The van der Waals surface area contributed by atoms with E-state index in [2.05, 4.69) is 24.1 Å². The van der Waals surface area contributed by atoms with Crippen molar-refractivity contribution in [2.45, 2.75) is 97.1 Å². The molecular formula is C34H48Cl2N2O4. The van der Waals surface area contributed by atoms with Gasteiger partial charge in [-0.2, -0.15) is 0 Å². The molecule has 0 radical (unpaired) electrons. The molecule has 1 N–H and O–H groups in total. The fraction of sp³-hybridized carbons (Fsp3) is 0.735. The lowest BCUT2D eigenvalue weighted by molar-refractivity contribution is -0.167. The van der Waals surface area contributed by atoms with E-state index in [1.165, 1.54) is 13.3 Å². The maximum Gasteiger partial charge on any atom is 0.329 e. The number of rotatable bonds is 10. The van der Waals surface area contributed by atoms with Gasteiger partial charge in [-0.3, -0.25) is 9.59 Å². The van der Waals surface area contributed by atoms with Crippen LogP contribution in [0.5, 0.6) is 0 Å². The fourth-order valence-electron chi connectivity index (χ4n) is 9.50. The summed E-state index contributed by atoms with van der Waals surface area (Å²) >= 11 is 11.9. The van der Waals surface area contributed by atoms with Crippen molar-refractivity contribution < 1.29 is 19.1 Å². The first-order valence-electron chi connectivity index (χ1n) is 16.0. The highest BCUT2D eigenvalue weighted by molar-refractivity contribution is 6.18. The third kappa shape index (κ3) is 6.22. The number of nitrogens with zero attached hydrogens (tertiary/aromatic N) is 1. The molecule has 0 aromatic heterocycles. The van der Waals surface area contributed by atoms with Gasteiger partial charge in [-0.15, -0.1) is 23.2 Å². The van der Waals surface area contributed by atoms with Gasteiger partial charge in [0.1, 0.15) is 17.9 Å². The van der Waals surface area contributed by atoms with Crippen LogP contribution >= 0.6 is 23.2 Å². The Morgan fingerprint density at radius 3 is 2.33 bits per heavy atom. The summed E-state index contributed by atoms with van der Waals surface area (Å²) in [6.07, 6.45) is 9.31. The van der Waals surface area contributed by atoms with Crippen LogP contribution in [0.2, 0.25) is 0 Å². The Balaban J connectivity index is 1.26. The van der Waals surface area contributed by atoms with E-state index in [9.17, 15) is 14.4 Å². The highest BCUT2D eigenvalue weighted by Gasteiger charge is 2.61. The molecule has 0 saturated heterocycles. The Kier molecular flexibility index (Phi) is 9.83. The van der Waals surface area contributed by atoms with Crippen LogP contribution in [0.3, 0.4) is 0 Å². The molecule has 5 rings (SSSR count). The van der Waals surface area contributed by atoms with E-state index < -0.39 is 6.04 Å². The molecule has 1 aromatic carbocycles. The number of esters is 1. The zero-order valence-corrected chi connectivity index (χ0v) is 27.0. The average molecular weight is 620 g/mol. The summed E-state index contributed by atoms with van der Waals surface area (Å²) < 4.78 is 6.33. The standard InChI is InChI=1S/C34H48Cl2N2O4/c1-22(39)37-30(20-23-4-7-25(8-5-23)38(18-16-35)19-17-36)32(41)42-31-11-10-28-27-9-6-24-21-26(40)12-14-33(24,2)29(27)13-15-34(28,31)3/h4-5,7-8,24,27-31H,6,9-21H2,1-3H3,(H,37,39). The van der Waals surface area contributed by atoms with Crippen molar-refractivity contribution >= 4 is 46.5 Å². The van der Waals surface area contributed by atoms with Crippen LogP contribution in [-0.4, -0.2) is 54.7 Å². The number of Topliss-reactive ketones (excluding diaryl/α,β-unsaturated/α-hetero) is 1. The molecule has 4 saturated carbocycles. The SMILES string of the molecule is CC(=O)NC(Cc1ccc(N(CCCl)CCCl)cc1)C(=O)OC1CCC2C3CCC4CC(=O)CCC4(C)C3CCC12C. The van der Waals surface area contributed by atoms with Crippen molar-refractivity contribution in [2.24, 2.45) is 34.5 Å². The number of nitrogens with one attached hydrogen (secondary N) is 1. The largest absolute Gasteiger partial charge is 0.460 e. The second-order valence-corrected chi connectivity index (χ2v) is 14.7. The first-order valence-corrected chi connectivity index (χ1v) is 17.1. The van der Waals surface area contributed by atoms with Gasteiger partial charge in [0.2, 0.25) is 5.91 Å². The Labute approximate surface area is 261 Å². The molecule has 0 aliphatic heterocycles. The Hall–Kier alpha value is -1.79. The van der Waals surface area contributed by atoms with E-state index in [1.54, 1.807) is 0 Å². The van der Waals surface area contributed by atoms with E-state index >= 15 is 0 Å². The molecule has 42 heavy (non-hydrogen) atoms. The van der Waals surface area contributed by atoms with E-state index in [1.807, 2.05) is 24.3 Å². The minimum absolute atomic E-state index is 0.0404. The van der Waals surface area contributed by atoms with Crippen LogP contribution in [0.15, 0.2) is 24.3 Å². The molecule has 232 valence electrons. The van der Waals surface area contributed by atoms with Gasteiger partial charge in [-0.25, -0.2) is 4.79 Å². The van der Waals surface area contributed by atoms with Gasteiger partial charge in [0.15, 0.2) is 0 Å². The fourth-order valence-corrected chi connectivity index (χ4v) is 9.91. The molecule has 8 unspecified atom stereocenters. The molecular weight excluding hydrogens is 571 g/mol. The number of amides is 1. The number of ether oxygens (including phenoxy) is 1. The van der Waals surface area contributed by atoms with E-state index in [-0.39, 0.29) is 28.8 Å². The number of alkyl halides is 2. The second kappa shape index (κ2) is 13.1. The minimum atomic E-state index is -0.733. The maximum absolute atomic E-state index is 13.6. The average Bonchev–Trinajstić information content (AvgIpc) is 3.29. The summed E-state index contributed by atoms with van der Waals surface area (Å²) in [7, 11) is 0. The smallest absolute Gasteiger partial charge is 0.329 e. The summed E-state index contributed by atoms with van der Waals surface area (Å²) in [6.45, 7) is 7.67. The molecule has 0 heterocycles. The summed E-state index contributed by atoms with van der Waals surface area (Å²) in [4.78, 5) is 40.1. The zero-order chi connectivity index (χ0) is 30.1. The van der Waals surface area contributed by atoms with Gasteiger partial charge in [0.25, 0.3) is 0 Å². The number of hydrogen-bond donors (Lipinski definition) is 1. The van der Waals surface area contributed by atoms with E-state index in [0.29, 0.717) is 60.7 Å². The van der Waals surface area contributed by atoms with Crippen molar-refractivity contribution in [2.75, 3.05) is 29.7 Å². The summed E-state index contributed by atoms with van der Waals surface area (Å²) in [6, 6.07) is 7.29. The monoisotopic (exact) mass is 618 g/mol.